The predicted octanol–water partition coefficient (Wildman–Crippen LogP) is 1.86. The molecule has 0 radical (unpaired) electrons. The van der Waals surface area contributed by atoms with Gasteiger partial charge in [-0.15, -0.1) is 11.6 Å². The van der Waals surface area contributed by atoms with Crippen LogP contribution >= 0.6 is 11.6 Å². The molecule has 0 heterocycles. The van der Waals surface area contributed by atoms with Crippen LogP contribution in [0.1, 0.15) is 20.3 Å². The lowest BCUT2D eigenvalue weighted by Gasteiger charge is -2.18. The molecule has 1 N–H and O–H groups in total. The zero-order valence-corrected chi connectivity index (χ0v) is 7.20. The van der Waals surface area contributed by atoms with E-state index < -0.39 is 0 Å². The van der Waals surface area contributed by atoms with Crippen LogP contribution < -0.4 is 5.32 Å². The van der Waals surface area contributed by atoms with E-state index in [-0.39, 0.29) is 0 Å². The van der Waals surface area contributed by atoms with Crippen LogP contribution in [0.25, 0.3) is 0 Å². The molecule has 0 aliphatic carbocycles. The van der Waals surface area contributed by atoms with Gasteiger partial charge in [0, 0.05) is 11.9 Å². The molecule has 0 rings (SSSR count). The maximum atomic E-state index is 5.58. The Balaban J connectivity index is 3.41. The fraction of sp³-hybridized carbons (Fsp3) is 1.00. The van der Waals surface area contributed by atoms with Crippen molar-refractivity contribution in [1.29, 1.82) is 0 Å². The molecule has 0 aromatic carbocycles. The summed E-state index contributed by atoms with van der Waals surface area (Å²) in [5, 5.41) is 3.22. The molecule has 0 saturated carbocycles. The summed E-state index contributed by atoms with van der Waals surface area (Å²) in [5.41, 5.74) is 0. The van der Waals surface area contributed by atoms with Gasteiger partial charge in [0.2, 0.25) is 0 Å². The minimum atomic E-state index is 0.586. The van der Waals surface area contributed by atoms with E-state index in [9.17, 15) is 0 Å². The molecule has 0 spiro atoms. The quantitative estimate of drug-likeness (QED) is 0.602. The first-order valence-electron chi connectivity index (χ1n) is 3.45. The third-order valence-corrected chi connectivity index (χ3v) is 1.81. The number of rotatable bonds is 4. The lowest BCUT2D eigenvalue weighted by molar-refractivity contribution is 0.418. The fourth-order valence-corrected chi connectivity index (χ4v) is 1.16. The van der Waals surface area contributed by atoms with Crippen molar-refractivity contribution in [3.05, 3.63) is 0 Å². The molecule has 0 amide bonds. The Morgan fingerprint density at radius 3 is 2.11 bits per heavy atom. The van der Waals surface area contributed by atoms with E-state index >= 15 is 0 Å². The molecule has 0 aromatic rings. The molecule has 1 nitrogen and oxygen atoms in total. The van der Waals surface area contributed by atoms with Crippen molar-refractivity contribution in [1.82, 2.24) is 5.32 Å². The molecule has 2 heteroatoms. The summed E-state index contributed by atoms with van der Waals surface area (Å²) < 4.78 is 0. The van der Waals surface area contributed by atoms with Crippen molar-refractivity contribution < 1.29 is 0 Å². The fourth-order valence-electron chi connectivity index (χ4n) is 0.929. The van der Waals surface area contributed by atoms with Crippen molar-refractivity contribution in [2.45, 2.75) is 26.3 Å². The average Bonchev–Trinajstić information content (AvgIpc) is 1.82. The first-order valence-corrected chi connectivity index (χ1v) is 3.99. The van der Waals surface area contributed by atoms with E-state index in [0.29, 0.717) is 12.0 Å². The van der Waals surface area contributed by atoms with Gasteiger partial charge in [0.1, 0.15) is 0 Å². The molecule has 0 fully saturated rings. The van der Waals surface area contributed by atoms with Crippen molar-refractivity contribution in [3.63, 3.8) is 0 Å². The second kappa shape index (κ2) is 5.07. The molecular weight excluding hydrogens is 134 g/mol. The van der Waals surface area contributed by atoms with Crippen LogP contribution in [0.15, 0.2) is 0 Å². The highest BCUT2D eigenvalue weighted by atomic mass is 35.5. The average molecular weight is 150 g/mol. The minimum Gasteiger partial charge on any atom is -0.317 e. The SMILES string of the molecule is CNC(CCCl)C(C)C. The van der Waals surface area contributed by atoms with Gasteiger partial charge in [-0.2, -0.15) is 0 Å². The zero-order valence-electron chi connectivity index (χ0n) is 6.45. The molecule has 0 saturated heterocycles. The smallest absolute Gasteiger partial charge is 0.0238 e. The molecule has 0 aliphatic rings. The second-order valence-corrected chi connectivity index (χ2v) is 2.99. The van der Waals surface area contributed by atoms with Gasteiger partial charge in [-0.1, -0.05) is 13.8 Å². The standard InChI is InChI=1S/C7H16ClN/c1-6(2)7(9-3)4-5-8/h6-7,9H,4-5H2,1-3H3. The second-order valence-electron chi connectivity index (χ2n) is 2.62. The molecule has 1 atom stereocenters. The van der Waals surface area contributed by atoms with Crippen LogP contribution in [-0.2, 0) is 0 Å². The van der Waals surface area contributed by atoms with Crippen molar-refractivity contribution in [2.75, 3.05) is 12.9 Å². The summed E-state index contributed by atoms with van der Waals surface area (Å²) in [6.07, 6.45) is 1.07. The van der Waals surface area contributed by atoms with Gasteiger partial charge in [-0.25, -0.2) is 0 Å². The topological polar surface area (TPSA) is 12.0 Å². The van der Waals surface area contributed by atoms with Crippen LogP contribution in [0, 0.1) is 5.92 Å². The number of nitrogens with one attached hydrogen (secondary N) is 1. The van der Waals surface area contributed by atoms with Crippen LogP contribution in [0.4, 0.5) is 0 Å². The van der Waals surface area contributed by atoms with Crippen LogP contribution in [0.5, 0.6) is 0 Å². The number of alkyl halides is 1. The van der Waals surface area contributed by atoms with E-state index in [1.54, 1.807) is 0 Å². The summed E-state index contributed by atoms with van der Waals surface area (Å²) in [4.78, 5) is 0. The van der Waals surface area contributed by atoms with E-state index in [2.05, 4.69) is 19.2 Å². The maximum absolute atomic E-state index is 5.58. The highest BCUT2D eigenvalue weighted by Crippen LogP contribution is 2.05. The van der Waals surface area contributed by atoms with E-state index in [1.165, 1.54) is 0 Å². The van der Waals surface area contributed by atoms with E-state index in [1.807, 2.05) is 7.05 Å². The zero-order chi connectivity index (χ0) is 7.28. The largest absolute Gasteiger partial charge is 0.317 e. The minimum absolute atomic E-state index is 0.586. The van der Waals surface area contributed by atoms with Gasteiger partial charge in [0.05, 0.1) is 0 Å². The lowest BCUT2D eigenvalue weighted by Crippen LogP contribution is -2.30. The predicted molar refractivity (Wildman–Crippen MR) is 43.0 cm³/mol. The first kappa shape index (κ1) is 9.25. The van der Waals surface area contributed by atoms with Crippen LogP contribution in [-0.4, -0.2) is 19.0 Å². The highest BCUT2D eigenvalue weighted by molar-refractivity contribution is 6.17. The first-order chi connectivity index (χ1) is 4.22. The van der Waals surface area contributed by atoms with Crippen LogP contribution in [0.2, 0.25) is 0 Å². The molecule has 56 valence electrons. The Bertz CT molecular complexity index is 63.9. The Hall–Kier alpha value is 0.250. The van der Waals surface area contributed by atoms with Crippen LogP contribution in [0.3, 0.4) is 0 Å². The summed E-state index contributed by atoms with van der Waals surface area (Å²) in [7, 11) is 1.98. The number of hydrogen-bond donors (Lipinski definition) is 1. The van der Waals surface area contributed by atoms with Gasteiger partial charge in [0.25, 0.3) is 0 Å². The lowest BCUT2D eigenvalue weighted by atomic mass is 10.0. The van der Waals surface area contributed by atoms with Crippen molar-refractivity contribution in [2.24, 2.45) is 5.92 Å². The van der Waals surface area contributed by atoms with E-state index in [4.69, 9.17) is 11.6 Å². The Kier molecular flexibility index (Phi) is 5.21. The summed E-state index contributed by atoms with van der Waals surface area (Å²) in [5.74, 6) is 1.44. The molecular formula is C7H16ClN. The Morgan fingerprint density at radius 2 is 2.00 bits per heavy atom. The van der Waals surface area contributed by atoms with Crippen molar-refractivity contribution >= 4 is 11.6 Å². The van der Waals surface area contributed by atoms with E-state index in [0.717, 1.165) is 12.3 Å². The summed E-state index contributed by atoms with van der Waals surface area (Å²) in [6, 6.07) is 0.586. The van der Waals surface area contributed by atoms with Gasteiger partial charge in [-0.05, 0) is 19.4 Å². The van der Waals surface area contributed by atoms with Gasteiger partial charge in [0.15, 0.2) is 0 Å². The third-order valence-electron chi connectivity index (χ3n) is 1.60. The molecule has 1 unspecified atom stereocenters. The van der Waals surface area contributed by atoms with Crippen molar-refractivity contribution in [3.8, 4) is 0 Å². The summed E-state index contributed by atoms with van der Waals surface area (Å²) >= 11 is 5.58. The Morgan fingerprint density at radius 1 is 1.44 bits per heavy atom. The maximum Gasteiger partial charge on any atom is 0.0238 e. The summed E-state index contributed by atoms with van der Waals surface area (Å²) in [6.45, 7) is 4.40. The monoisotopic (exact) mass is 149 g/mol. The normalized spacial score (nSPS) is 14.3. The Labute approximate surface area is 62.8 Å². The molecule has 0 bridgehead atoms. The van der Waals surface area contributed by atoms with Gasteiger partial charge >= 0.3 is 0 Å². The number of halogens is 1. The molecule has 9 heavy (non-hydrogen) atoms. The molecule has 0 aromatic heterocycles. The van der Waals surface area contributed by atoms with Gasteiger partial charge in [-0.3, -0.25) is 0 Å². The number of hydrogen-bond acceptors (Lipinski definition) is 1. The molecule has 0 aliphatic heterocycles. The van der Waals surface area contributed by atoms with Gasteiger partial charge < -0.3 is 5.32 Å². The third kappa shape index (κ3) is 3.77. The highest BCUT2D eigenvalue weighted by Gasteiger charge is 2.08.